The van der Waals surface area contributed by atoms with Gasteiger partial charge in [-0.1, -0.05) is 5.16 Å². The molecule has 0 aliphatic heterocycles. The molecular formula is C10H13N3O3. The van der Waals surface area contributed by atoms with E-state index < -0.39 is 5.91 Å². The van der Waals surface area contributed by atoms with Crippen LogP contribution in [0, 0.1) is 0 Å². The van der Waals surface area contributed by atoms with Gasteiger partial charge in [0.25, 0.3) is 5.91 Å². The highest BCUT2D eigenvalue weighted by atomic mass is 16.6. The molecule has 0 bridgehead atoms. The highest BCUT2D eigenvalue weighted by Gasteiger charge is 1.95. The molecular weight excluding hydrogens is 210 g/mol. The Bertz CT molecular complexity index is 362. The molecule has 16 heavy (non-hydrogen) atoms. The van der Waals surface area contributed by atoms with Crippen molar-refractivity contribution in [2.24, 2.45) is 11.0 Å². The molecule has 1 rings (SSSR count). The van der Waals surface area contributed by atoms with Crippen LogP contribution in [0.2, 0.25) is 0 Å². The van der Waals surface area contributed by atoms with Gasteiger partial charge >= 0.3 is 0 Å². The first-order chi connectivity index (χ1) is 7.76. The van der Waals surface area contributed by atoms with Crippen LogP contribution in [-0.2, 0) is 9.63 Å². The number of nitrogens with two attached hydrogens (primary N) is 1. The van der Waals surface area contributed by atoms with Gasteiger partial charge in [-0.25, -0.2) is 5.84 Å². The lowest BCUT2D eigenvalue weighted by Gasteiger charge is -1.99. The maximum Gasteiger partial charge on any atom is 0.274 e. The summed E-state index contributed by atoms with van der Waals surface area (Å²) >= 11 is 0. The lowest BCUT2D eigenvalue weighted by molar-refractivity contribution is -0.125. The van der Waals surface area contributed by atoms with Crippen molar-refractivity contribution in [1.29, 1.82) is 0 Å². The fourth-order valence-electron chi connectivity index (χ4n) is 0.926. The second kappa shape index (κ2) is 6.41. The predicted octanol–water partition coefficient (Wildman–Crippen LogP) is 0.0356. The molecule has 1 aromatic carbocycles. The molecule has 0 atom stereocenters. The van der Waals surface area contributed by atoms with Crippen LogP contribution in [0.5, 0.6) is 5.75 Å². The largest absolute Gasteiger partial charge is 0.497 e. The smallest absolute Gasteiger partial charge is 0.274 e. The van der Waals surface area contributed by atoms with Gasteiger partial charge in [-0.15, -0.1) is 0 Å². The molecule has 6 heteroatoms. The molecule has 0 spiro atoms. The molecule has 0 unspecified atom stereocenters. The zero-order valence-electron chi connectivity index (χ0n) is 8.84. The Morgan fingerprint density at radius 1 is 1.50 bits per heavy atom. The third-order valence-corrected chi connectivity index (χ3v) is 1.75. The molecule has 0 radical (unpaired) electrons. The fraction of sp³-hybridized carbons (Fsp3) is 0.200. The number of benzene rings is 1. The summed E-state index contributed by atoms with van der Waals surface area (Å²) in [6.45, 7) is -0.205. The van der Waals surface area contributed by atoms with E-state index in [2.05, 4.69) is 5.16 Å². The number of methoxy groups -OCH3 is 1. The molecule has 0 fully saturated rings. The molecule has 0 aliphatic rings. The van der Waals surface area contributed by atoms with Gasteiger partial charge in [0.2, 0.25) is 0 Å². The van der Waals surface area contributed by atoms with Crippen LogP contribution in [0.3, 0.4) is 0 Å². The zero-order valence-corrected chi connectivity index (χ0v) is 8.84. The first-order valence-electron chi connectivity index (χ1n) is 4.55. The highest BCUT2D eigenvalue weighted by Crippen LogP contribution is 2.09. The number of ether oxygens (including phenoxy) is 1. The minimum absolute atomic E-state index is 0.205. The van der Waals surface area contributed by atoms with E-state index in [4.69, 9.17) is 15.4 Å². The minimum Gasteiger partial charge on any atom is -0.497 e. The van der Waals surface area contributed by atoms with Crippen LogP contribution >= 0.6 is 0 Å². The van der Waals surface area contributed by atoms with Gasteiger partial charge in [0.15, 0.2) is 6.61 Å². The number of rotatable bonds is 5. The van der Waals surface area contributed by atoms with Crippen molar-refractivity contribution < 1.29 is 14.4 Å². The Morgan fingerprint density at radius 3 is 2.75 bits per heavy atom. The van der Waals surface area contributed by atoms with E-state index in [-0.39, 0.29) is 6.61 Å². The summed E-state index contributed by atoms with van der Waals surface area (Å²) in [5.41, 5.74) is 2.77. The third kappa shape index (κ3) is 3.97. The SMILES string of the molecule is COc1ccc(/C=N/OCC(=O)NN)cc1. The molecule has 1 amide bonds. The molecule has 0 aromatic heterocycles. The van der Waals surface area contributed by atoms with E-state index in [0.29, 0.717) is 0 Å². The molecule has 0 heterocycles. The Hall–Kier alpha value is -2.08. The number of carbonyl (C=O) groups excluding carboxylic acids is 1. The van der Waals surface area contributed by atoms with Gasteiger partial charge in [-0.05, 0) is 29.8 Å². The van der Waals surface area contributed by atoms with Crippen LogP contribution in [0.25, 0.3) is 0 Å². The number of hydrazine groups is 1. The number of oxime groups is 1. The monoisotopic (exact) mass is 223 g/mol. The molecule has 6 nitrogen and oxygen atoms in total. The highest BCUT2D eigenvalue weighted by molar-refractivity contribution is 5.79. The Morgan fingerprint density at radius 2 is 2.19 bits per heavy atom. The van der Waals surface area contributed by atoms with Crippen LogP contribution in [-0.4, -0.2) is 25.8 Å². The number of nitrogens with zero attached hydrogens (tertiary/aromatic N) is 1. The molecule has 0 saturated carbocycles. The normalized spacial score (nSPS) is 10.1. The van der Waals surface area contributed by atoms with Gasteiger partial charge in [0, 0.05) is 0 Å². The summed E-state index contributed by atoms with van der Waals surface area (Å²) in [6, 6.07) is 7.23. The molecule has 86 valence electrons. The average molecular weight is 223 g/mol. The number of nitrogens with one attached hydrogen (secondary N) is 1. The molecule has 0 saturated heterocycles. The van der Waals surface area contributed by atoms with Crippen LogP contribution in [0.1, 0.15) is 5.56 Å². The maximum atomic E-state index is 10.7. The second-order valence-electron chi connectivity index (χ2n) is 2.85. The lowest BCUT2D eigenvalue weighted by atomic mass is 10.2. The number of hydrogen-bond acceptors (Lipinski definition) is 5. The number of amides is 1. The number of carbonyl (C=O) groups is 1. The van der Waals surface area contributed by atoms with Crippen molar-refractivity contribution >= 4 is 12.1 Å². The van der Waals surface area contributed by atoms with Crippen molar-refractivity contribution in [3.8, 4) is 5.75 Å². The predicted molar refractivity (Wildman–Crippen MR) is 58.9 cm³/mol. The lowest BCUT2D eigenvalue weighted by Crippen LogP contribution is -2.32. The molecule has 0 aliphatic carbocycles. The first-order valence-corrected chi connectivity index (χ1v) is 4.55. The molecule has 1 aromatic rings. The fourth-order valence-corrected chi connectivity index (χ4v) is 0.926. The van der Waals surface area contributed by atoms with Crippen LogP contribution < -0.4 is 16.0 Å². The minimum atomic E-state index is -0.438. The van der Waals surface area contributed by atoms with Crippen molar-refractivity contribution in [3.63, 3.8) is 0 Å². The van der Waals surface area contributed by atoms with Crippen LogP contribution in [0.4, 0.5) is 0 Å². The van der Waals surface area contributed by atoms with Gasteiger partial charge < -0.3 is 9.57 Å². The first kappa shape index (κ1) is 12.0. The van der Waals surface area contributed by atoms with Gasteiger partial charge in [0.05, 0.1) is 13.3 Å². The van der Waals surface area contributed by atoms with E-state index >= 15 is 0 Å². The van der Waals surface area contributed by atoms with Gasteiger partial charge in [-0.3, -0.25) is 10.2 Å². The Kier molecular flexibility index (Phi) is 4.81. The van der Waals surface area contributed by atoms with Crippen LogP contribution in [0.15, 0.2) is 29.4 Å². The topological polar surface area (TPSA) is 85.9 Å². The van der Waals surface area contributed by atoms with Crippen molar-refractivity contribution in [2.75, 3.05) is 13.7 Å². The third-order valence-electron chi connectivity index (χ3n) is 1.75. The maximum absolute atomic E-state index is 10.7. The van der Waals surface area contributed by atoms with Crippen molar-refractivity contribution in [1.82, 2.24) is 5.43 Å². The Labute approximate surface area is 93.0 Å². The van der Waals surface area contributed by atoms with Crippen molar-refractivity contribution in [2.45, 2.75) is 0 Å². The van der Waals surface area contributed by atoms with Crippen molar-refractivity contribution in [3.05, 3.63) is 29.8 Å². The second-order valence-corrected chi connectivity index (χ2v) is 2.85. The zero-order chi connectivity index (χ0) is 11.8. The van der Waals surface area contributed by atoms with E-state index in [1.807, 2.05) is 17.6 Å². The Balaban J connectivity index is 2.40. The summed E-state index contributed by atoms with van der Waals surface area (Å²) in [7, 11) is 1.59. The standard InChI is InChI=1S/C10H13N3O3/c1-15-9-4-2-8(3-5-9)6-12-16-7-10(14)13-11/h2-6H,7,11H2,1H3,(H,13,14)/b12-6+. The van der Waals surface area contributed by atoms with E-state index in [9.17, 15) is 4.79 Å². The van der Waals surface area contributed by atoms with Gasteiger partial charge in [-0.2, -0.15) is 0 Å². The number of hydrogen-bond donors (Lipinski definition) is 2. The summed E-state index contributed by atoms with van der Waals surface area (Å²) in [4.78, 5) is 15.3. The summed E-state index contributed by atoms with van der Waals surface area (Å²) < 4.78 is 5.00. The quantitative estimate of drug-likeness (QED) is 0.319. The summed E-state index contributed by atoms with van der Waals surface area (Å²) in [5.74, 6) is 5.18. The summed E-state index contributed by atoms with van der Waals surface area (Å²) in [6.07, 6.45) is 1.49. The van der Waals surface area contributed by atoms with E-state index in [0.717, 1.165) is 11.3 Å². The molecule has 3 N–H and O–H groups in total. The average Bonchev–Trinajstić information content (AvgIpc) is 2.35. The summed E-state index contributed by atoms with van der Waals surface area (Å²) in [5, 5.41) is 3.60. The van der Waals surface area contributed by atoms with Gasteiger partial charge in [0.1, 0.15) is 5.75 Å². The van der Waals surface area contributed by atoms with E-state index in [1.54, 1.807) is 19.2 Å². The van der Waals surface area contributed by atoms with E-state index in [1.165, 1.54) is 6.21 Å².